The highest BCUT2D eigenvalue weighted by Gasteiger charge is 2.05. The number of benzene rings is 1. The third kappa shape index (κ3) is 2.78. The third-order valence-electron chi connectivity index (χ3n) is 1.70. The summed E-state index contributed by atoms with van der Waals surface area (Å²) >= 11 is 0. The van der Waals surface area contributed by atoms with E-state index < -0.39 is 0 Å². The molecule has 0 saturated carbocycles. The Hall–Kier alpha value is -1.51. The van der Waals surface area contributed by atoms with Crippen LogP contribution in [0.5, 0.6) is 0 Å². The predicted molar refractivity (Wildman–Crippen MR) is 48.5 cm³/mol. The number of halogens is 1. The van der Waals surface area contributed by atoms with Crippen LogP contribution in [0.1, 0.15) is 12.5 Å². The SMILES string of the molecule is CC(=N)C(=O)Cc1ccc(F)cc1. The summed E-state index contributed by atoms with van der Waals surface area (Å²) in [5.74, 6) is -0.547. The molecule has 13 heavy (non-hydrogen) atoms. The molecule has 0 unspecified atom stereocenters. The molecule has 1 aromatic rings. The Morgan fingerprint density at radius 2 is 1.92 bits per heavy atom. The Morgan fingerprint density at radius 1 is 1.38 bits per heavy atom. The van der Waals surface area contributed by atoms with Crippen molar-refractivity contribution in [1.82, 2.24) is 0 Å². The third-order valence-corrected chi connectivity index (χ3v) is 1.70. The molecule has 1 aromatic carbocycles. The molecule has 0 spiro atoms. The molecular formula is C10H10FNO. The van der Waals surface area contributed by atoms with E-state index >= 15 is 0 Å². The number of ketones is 1. The van der Waals surface area contributed by atoms with Gasteiger partial charge >= 0.3 is 0 Å². The van der Waals surface area contributed by atoms with Crippen LogP contribution in [0.15, 0.2) is 24.3 Å². The summed E-state index contributed by atoms with van der Waals surface area (Å²) in [5.41, 5.74) is 0.766. The largest absolute Gasteiger partial charge is 0.302 e. The molecule has 0 fully saturated rings. The van der Waals surface area contributed by atoms with Crippen LogP contribution >= 0.6 is 0 Å². The Kier molecular flexibility index (Phi) is 2.90. The van der Waals surface area contributed by atoms with Crippen LogP contribution in [0.4, 0.5) is 4.39 Å². The zero-order valence-electron chi connectivity index (χ0n) is 7.30. The molecule has 0 aromatic heterocycles. The quantitative estimate of drug-likeness (QED) is 0.708. The maximum absolute atomic E-state index is 12.5. The lowest BCUT2D eigenvalue weighted by molar-refractivity contribution is -0.112. The van der Waals surface area contributed by atoms with Gasteiger partial charge in [-0.25, -0.2) is 4.39 Å². The van der Waals surface area contributed by atoms with E-state index in [1.807, 2.05) is 0 Å². The van der Waals surface area contributed by atoms with Crippen LogP contribution in [0.3, 0.4) is 0 Å². The summed E-state index contributed by atoms with van der Waals surface area (Å²) in [4.78, 5) is 11.1. The second-order valence-electron chi connectivity index (χ2n) is 2.85. The smallest absolute Gasteiger partial charge is 0.180 e. The Balaban J connectivity index is 2.70. The normalized spacial score (nSPS) is 9.69. The Bertz CT molecular complexity index is 329. The van der Waals surface area contributed by atoms with E-state index in [9.17, 15) is 9.18 Å². The molecule has 68 valence electrons. The van der Waals surface area contributed by atoms with E-state index in [1.165, 1.54) is 19.1 Å². The highest BCUT2D eigenvalue weighted by Crippen LogP contribution is 2.04. The summed E-state index contributed by atoms with van der Waals surface area (Å²) in [7, 11) is 0. The average molecular weight is 179 g/mol. The molecule has 0 bridgehead atoms. The van der Waals surface area contributed by atoms with Crippen LogP contribution in [0, 0.1) is 11.2 Å². The number of hydrogen-bond donors (Lipinski definition) is 1. The first-order valence-electron chi connectivity index (χ1n) is 3.92. The molecule has 1 N–H and O–H groups in total. The first-order valence-corrected chi connectivity index (χ1v) is 3.92. The summed E-state index contributed by atoms with van der Waals surface area (Å²) in [5, 5.41) is 7.07. The van der Waals surface area contributed by atoms with E-state index in [0.29, 0.717) is 0 Å². The fraction of sp³-hybridized carbons (Fsp3) is 0.200. The van der Waals surface area contributed by atoms with Gasteiger partial charge in [-0.15, -0.1) is 0 Å². The standard InChI is InChI=1S/C10H10FNO/c1-7(12)10(13)6-8-2-4-9(11)5-3-8/h2-5,12H,6H2,1H3. The molecule has 0 heterocycles. The fourth-order valence-corrected chi connectivity index (χ4v) is 0.920. The average Bonchev–Trinajstić information content (AvgIpc) is 2.08. The molecule has 0 amide bonds. The minimum Gasteiger partial charge on any atom is -0.302 e. The van der Waals surface area contributed by atoms with Crippen molar-refractivity contribution >= 4 is 11.5 Å². The van der Waals surface area contributed by atoms with Crippen molar-refractivity contribution in [2.45, 2.75) is 13.3 Å². The minimum absolute atomic E-state index is 0.0318. The molecule has 0 aliphatic carbocycles. The van der Waals surface area contributed by atoms with Crippen molar-refractivity contribution in [1.29, 1.82) is 5.41 Å². The van der Waals surface area contributed by atoms with E-state index in [1.54, 1.807) is 12.1 Å². The monoisotopic (exact) mass is 179 g/mol. The van der Waals surface area contributed by atoms with Gasteiger partial charge in [0.2, 0.25) is 0 Å². The van der Waals surface area contributed by atoms with Crippen LogP contribution in [-0.4, -0.2) is 11.5 Å². The molecule has 1 rings (SSSR count). The number of Topliss-reactive ketones (excluding diaryl/α,β-unsaturated/α-hetero) is 1. The summed E-state index contributed by atoms with van der Waals surface area (Å²) in [6, 6.07) is 5.72. The maximum atomic E-state index is 12.5. The van der Waals surface area contributed by atoms with Crippen LogP contribution in [0.25, 0.3) is 0 Å². The lowest BCUT2D eigenvalue weighted by atomic mass is 10.1. The van der Waals surface area contributed by atoms with Gasteiger partial charge in [0.15, 0.2) is 5.78 Å². The second kappa shape index (κ2) is 3.94. The van der Waals surface area contributed by atoms with Gasteiger partial charge in [0.1, 0.15) is 5.82 Å². The van der Waals surface area contributed by atoms with Crippen LogP contribution in [0.2, 0.25) is 0 Å². The van der Waals surface area contributed by atoms with Crippen molar-refractivity contribution in [3.63, 3.8) is 0 Å². The van der Waals surface area contributed by atoms with Crippen molar-refractivity contribution < 1.29 is 9.18 Å². The minimum atomic E-state index is -0.317. The lowest BCUT2D eigenvalue weighted by Crippen LogP contribution is -2.11. The number of rotatable bonds is 3. The van der Waals surface area contributed by atoms with Crippen LogP contribution in [-0.2, 0) is 11.2 Å². The van der Waals surface area contributed by atoms with Gasteiger partial charge in [0.25, 0.3) is 0 Å². The molecule has 2 nitrogen and oxygen atoms in total. The van der Waals surface area contributed by atoms with Gasteiger partial charge in [0.05, 0.1) is 5.71 Å². The number of hydrogen-bond acceptors (Lipinski definition) is 2. The van der Waals surface area contributed by atoms with Crippen LogP contribution < -0.4 is 0 Å². The van der Waals surface area contributed by atoms with Crippen molar-refractivity contribution in [2.75, 3.05) is 0 Å². The summed E-state index contributed by atoms with van der Waals surface area (Å²) in [6.07, 6.45) is 0.176. The van der Waals surface area contributed by atoms with E-state index in [2.05, 4.69) is 0 Å². The van der Waals surface area contributed by atoms with E-state index in [-0.39, 0.29) is 23.7 Å². The van der Waals surface area contributed by atoms with E-state index in [0.717, 1.165) is 5.56 Å². The molecular weight excluding hydrogens is 169 g/mol. The topological polar surface area (TPSA) is 40.9 Å². The Labute approximate surface area is 75.9 Å². The molecule has 0 atom stereocenters. The predicted octanol–water partition coefficient (Wildman–Crippen LogP) is 1.98. The van der Waals surface area contributed by atoms with Gasteiger partial charge in [-0.3, -0.25) is 4.79 Å². The lowest BCUT2D eigenvalue weighted by Gasteiger charge is -1.98. The number of carbonyl (C=O) groups is 1. The maximum Gasteiger partial charge on any atom is 0.180 e. The van der Waals surface area contributed by atoms with Gasteiger partial charge in [-0.05, 0) is 24.6 Å². The summed E-state index contributed by atoms with van der Waals surface area (Å²) < 4.78 is 12.5. The molecule has 0 radical (unpaired) electrons. The first-order chi connectivity index (χ1) is 6.09. The van der Waals surface area contributed by atoms with E-state index in [4.69, 9.17) is 5.41 Å². The fourth-order valence-electron chi connectivity index (χ4n) is 0.920. The second-order valence-corrected chi connectivity index (χ2v) is 2.85. The zero-order valence-corrected chi connectivity index (χ0v) is 7.30. The highest BCUT2D eigenvalue weighted by atomic mass is 19.1. The van der Waals surface area contributed by atoms with Crippen molar-refractivity contribution in [3.05, 3.63) is 35.6 Å². The number of nitrogens with one attached hydrogen (secondary N) is 1. The molecule has 3 heteroatoms. The number of carbonyl (C=O) groups excluding carboxylic acids is 1. The Morgan fingerprint density at radius 3 is 2.38 bits per heavy atom. The van der Waals surface area contributed by atoms with Gasteiger partial charge in [-0.1, -0.05) is 12.1 Å². The van der Waals surface area contributed by atoms with Gasteiger partial charge in [0, 0.05) is 6.42 Å². The summed E-state index contributed by atoms with van der Waals surface area (Å²) in [6.45, 7) is 1.45. The van der Waals surface area contributed by atoms with Gasteiger partial charge < -0.3 is 5.41 Å². The molecule has 0 aliphatic heterocycles. The molecule has 0 aliphatic rings. The van der Waals surface area contributed by atoms with Crippen molar-refractivity contribution in [2.24, 2.45) is 0 Å². The van der Waals surface area contributed by atoms with Gasteiger partial charge in [-0.2, -0.15) is 0 Å². The molecule has 0 saturated heterocycles. The first kappa shape index (κ1) is 9.58. The zero-order chi connectivity index (χ0) is 9.84. The highest BCUT2D eigenvalue weighted by molar-refractivity contribution is 6.38. The van der Waals surface area contributed by atoms with Crippen molar-refractivity contribution in [3.8, 4) is 0 Å².